The highest BCUT2D eigenvalue weighted by Crippen LogP contribution is 2.18. The zero-order valence-corrected chi connectivity index (χ0v) is 9.67. The molecular formula is C9H14F3NO4. The van der Waals surface area contributed by atoms with Crippen LogP contribution in [-0.2, 0) is 9.53 Å². The van der Waals surface area contributed by atoms with Crippen LogP contribution in [0.25, 0.3) is 0 Å². The minimum absolute atomic E-state index is 0.0909. The molecule has 0 atom stereocenters. The Morgan fingerprint density at radius 3 is 2.00 bits per heavy atom. The Morgan fingerprint density at radius 1 is 1.24 bits per heavy atom. The number of aliphatic carboxylic acids is 1. The summed E-state index contributed by atoms with van der Waals surface area (Å²) in [6, 6.07) is 0. The molecule has 1 N–H and O–H groups in total. The number of halogens is 3. The lowest BCUT2D eigenvalue weighted by atomic mass is 10.2. The van der Waals surface area contributed by atoms with Gasteiger partial charge in [-0.3, -0.25) is 9.69 Å². The number of carboxylic acid groups (broad SMARTS) is 1. The minimum Gasteiger partial charge on any atom is -0.480 e. The largest absolute Gasteiger partial charge is 0.480 e. The third-order valence-corrected chi connectivity index (χ3v) is 1.35. The van der Waals surface area contributed by atoms with Crippen molar-refractivity contribution >= 4 is 12.1 Å². The van der Waals surface area contributed by atoms with Gasteiger partial charge in [-0.1, -0.05) is 0 Å². The predicted molar refractivity (Wildman–Crippen MR) is 51.5 cm³/mol. The molecule has 0 radical (unpaired) electrons. The fourth-order valence-electron chi connectivity index (χ4n) is 0.891. The zero-order chi connectivity index (χ0) is 13.9. The molecule has 0 unspecified atom stereocenters. The summed E-state index contributed by atoms with van der Waals surface area (Å²) in [7, 11) is 0. The average molecular weight is 257 g/mol. The Hall–Kier alpha value is -1.47. The molecule has 0 spiro atoms. The van der Waals surface area contributed by atoms with Gasteiger partial charge in [0.25, 0.3) is 0 Å². The highest BCUT2D eigenvalue weighted by Gasteiger charge is 2.35. The number of ether oxygens (including phenoxy) is 1. The number of hydrogen-bond acceptors (Lipinski definition) is 3. The van der Waals surface area contributed by atoms with Crippen molar-refractivity contribution in [2.24, 2.45) is 0 Å². The van der Waals surface area contributed by atoms with Gasteiger partial charge in [0, 0.05) is 0 Å². The van der Waals surface area contributed by atoms with Gasteiger partial charge in [-0.15, -0.1) is 0 Å². The Balaban J connectivity index is 4.68. The Kier molecular flexibility index (Phi) is 4.79. The molecule has 0 heterocycles. The first-order chi connectivity index (χ1) is 7.41. The van der Waals surface area contributed by atoms with Gasteiger partial charge in [0.05, 0.1) is 0 Å². The van der Waals surface area contributed by atoms with E-state index >= 15 is 0 Å². The van der Waals surface area contributed by atoms with Crippen LogP contribution in [0, 0.1) is 0 Å². The molecule has 0 aromatic rings. The number of hydrogen-bond donors (Lipinski definition) is 1. The van der Waals surface area contributed by atoms with Crippen LogP contribution in [0.2, 0.25) is 0 Å². The molecule has 0 rings (SSSR count). The summed E-state index contributed by atoms with van der Waals surface area (Å²) in [6.07, 6.45) is -5.98. The summed E-state index contributed by atoms with van der Waals surface area (Å²) in [5, 5.41) is 8.41. The van der Waals surface area contributed by atoms with Gasteiger partial charge < -0.3 is 9.84 Å². The summed E-state index contributed by atoms with van der Waals surface area (Å²) in [4.78, 5) is 21.8. The van der Waals surface area contributed by atoms with Crippen LogP contribution in [-0.4, -0.2) is 46.9 Å². The molecule has 17 heavy (non-hydrogen) atoms. The quantitative estimate of drug-likeness (QED) is 0.838. The van der Waals surface area contributed by atoms with E-state index in [4.69, 9.17) is 5.11 Å². The second kappa shape index (κ2) is 5.24. The van der Waals surface area contributed by atoms with Crippen LogP contribution in [0.5, 0.6) is 0 Å². The standard InChI is InChI=1S/C9H14F3NO4/c1-8(2,3)17-7(16)13(4-6(14)15)5-9(10,11)12/h4-5H2,1-3H3,(H,14,15). The number of carboxylic acids is 1. The van der Waals surface area contributed by atoms with Crippen molar-refractivity contribution in [1.29, 1.82) is 0 Å². The van der Waals surface area contributed by atoms with Gasteiger partial charge in [0.2, 0.25) is 0 Å². The second-order valence-corrected chi connectivity index (χ2v) is 4.35. The molecule has 0 fully saturated rings. The van der Waals surface area contributed by atoms with E-state index in [0.717, 1.165) is 0 Å². The SMILES string of the molecule is CC(C)(C)OC(=O)N(CC(=O)O)CC(F)(F)F. The highest BCUT2D eigenvalue weighted by atomic mass is 19.4. The molecule has 1 amide bonds. The van der Waals surface area contributed by atoms with E-state index in [1.807, 2.05) is 0 Å². The van der Waals surface area contributed by atoms with Gasteiger partial charge >= 0.3 is 18.2 Å². The van der Waals surface area contributed by atoms with Crippen molar-refractivity contribution in [3.63, 3.8) is 0 Å². The molecule has 0 aliphatic rings. The third kappa shape index (κ3) is 8.35. The monoisotopic (exact) mass is 257 g/mol. The Morgan fingerprint density at radius 2 is 1.71 bits per heavy atom. The smallest absolute Gasteiger partial charge is 0.411 e. The number of alkyl halides is 3. The minimum atomic E-state index is -4.67. The molecular weight excluding hydrogens is 243 g/mol. The first-order valence-corrected chi connectivity index (χ1v) is 4.67. The average Bonchev–Trinajstić information content (AvgIpc) is 1.95. The first-order valence-electron chi connectivity index (χ1n) is 4.67. The molecule has 0 bridgehead atoms. The van der Waals surface area contributed by atoms with Crippen LogP contribution >= 0.6 is 0 Å². The van der Waals surface area contributed by atoms with E-state index in [1.54, 1.807) is 0 Å². The number of amides is 1. The summed E-state index contributed by atoms with van der Waals surface area (Å²) in [6.45, 7) is 1.69. The normalized spacial score (nSPS) is 12.1. The molecule has 5 nitrogen and oxygen atoms in total. The zero-order valence-electron chi connectivity index (χ0n) is 9.67. The number of nitrogens with zero attached hydrogens (tertiary/aromatic N) is 1. The number of carbonyl (C=O) groups is 2. The van der Waals surface area contributed by atoms with Gasteiger partial charge in [-0.25, -0.2) is 4.79 Å². The molecule has 0 saturated carbocycles. The second-order valence-electron chi connectivity index (χ2n) is 4.35. The summed E-state index contributed by atoms with van der Waals surface area (Å²) in [5.41, 5.74) is -0.987. The molecule has 0 aliphatic carbocycles. The fourth-order valence-corrected chi connectivity index (χ4v) is 0.891. The van der Waals surface area contributed by atoms with Crippen LogP contribution in [0.15, 0.2) is 0 Å². The lowest BCUT2D eigenvalue weighted by molar-refractivity contribution is -0.152. The molecule has 100 valence electrons. The Labute approximate surface area is 96.1 Å². The lowest BCUT2D eigenvalue weighted by Crippen LogP contribution is -2.44. The van der Waals surface area contributed by atoms with E-state index in [1.165, 1.54) is 20.8 Å². The maximum absolute atomic E-state index is 12.1. The molecule has 8 heteroatoms. The topological polar surface area (TPSA) is 66.8 Å². The van der Waals surface area contributed by atoms with Crippen LogP contribution < -0.4 is 0 Å². The highest BCUT2D eigenvalue weighted by molar-refractivity contribution is 5.76. The van der Waals surface area contributed by atoms with Crippen LogP contribution in [0.4, 0.5) is 18.0 Å². The number of rotatable bonds is 3. The van der Waals surface area contributed by atoms with E-state index in [-0.39, 0.29) is 4.90 Å². The van der Waals surface area contributed by atoms with Crippen LogP contribution in [0.1, 0.15) is 20.8 Å². The van der Waals surface area contributed by atoms with Crippen molar-refractivity contribution in [2.45, 2.75) is 32.5 Å². The van der Waals surface area contributed by atoms with Crippen molar-refractivity contribution in [3.05, 3.63) is 0 Å². The van der Waals surface area contributed by atoms with E-state index in [0.29, 0.717) is 0 Å². The van der Waals surface area contributed by atoms with E-state index < -0.39 is 36.9 Å². The van der Waals surface area contributed by atoms with Gasteiger partial charge in [0.15, 0.2) is 0 Å². The van der Waals surface area contributed by atoms with Crippen LogP contribution in [0.3, 0.4) is 0 Å². The molecule has 0 aromatic carbocycles. The maximum Gasteiger partial charge on any atom is 0.411 e. The van der Waals surface area contributed by atoms with Gasteiger partial charge in [0.1, 0.15) is 18.7 Å². The molecule has 0 saturated heterocycles. The predicted octanol–water partition coefficient (Wildman–Crippen LogP) is 1.87. The third-order valence-electron chi connectivity index (χ3n) is 1.35. The van der Waals surface area contributed by atoms with Crippen molar-refractivity contribution in [3.8, 4) is 0 Å². The molecule has 0 aromatic heterocycles. The first kappa shape index (κ1) is 15.5. The maximum atomic E-state index is 12.1. The Bertz CT molecular complexity index is 296. The lowest BCUT2D eigenvalue weighted by Gasteiger charge is -2.26. The van der Waals surface area contributed by atoms with Gasteiger partial charge in [-0.05, 0) is 20.8 Å². The summed E-state index contributed by atoms with van der Waals surface area (Å²) in [5.74, 6) is -1.54. The van der Waals surface area contributed by atoms with Crippen molar-refractivity contribution in [1.82, 2.24) is 4.90 Å². The van der Waals surface area contributed by atoms with Crippen molar-refractivity contribution in [2.75, 3.05) is 13.1 Å². The summed E-state index contributed by atoms with van der Waals surface area (Å²) < 4.78 is 41.0. The van der Waals surface area contributed by atoms with E-state index in [9.17, 15) is 22.8 Å². The van der Waals surface area contributed by atoms with E-state index in [2.05, 4.69) is 4.74 Å². The molecule has 0 aliphatic heterocycles. The fraction of sp³-hybridized carbons (Fsp3) is 0.778. The number of carbonyl (C=O) groups excluding carboxylic acids is 1. The summed E-state index contributed by atoms with van der Waals surface area (Å²) >= 11 is 0. The van der Waals surface area contributed by atoms with Crippen molar-refractivity contribution < 1.29 is 32.6 Å². The van der Waals surface area contributed by atoms with Gasteiger partial charge in [-0.2, -0.15) is 13.2 Å².